The molecule has 0 spiro atoms. The van der Waals surface area contributed by atoms with E-state index in [2.05, 4.69) is 38.7 Å². The first-order valence-electron chi connectivity index (χ1n) is 6.80. The van der Waals surface area contributed by atoms with Gasteiger partial charge in [0.25, 0.3) is 0 Å². The number of nitrogens with two attached hydrogens (primary N) is 1. The first-order valence-corrected chi connectivity index (χ1v) is 6.80. The zero-order chi connectivity index (χ0) is 13.2. The highest BCUT2D eigenvalue weighted by atomic mass is 15.2. The maximum Gasteiger partial charge on any atom is 0.105 e. The number of hydrogen-bond donors (Lipinski definition) is 1. The lowest BCUT2D eigenvalue weighted by atomic mass is 9.98. The van der Waals surface area contributed by atoms with Gasteiger partial charge in [-0.15, -0.1) is 0 Å². The van der Waals surface area contributed by atoms with E-state index in [0.29, 0.717) is 0 Å². The maximum atomic E-state index is 6.16. The number of hydrogen-bond acceptors (Lipinski definition) is 3. The van der Waals surface area contributed by atoms with E-state index in [-0.39, 0.29) is 6.04 Å². The van der Waals surface area contributed by atoms with Crippen molar-refractivity contribution in [2.45, 2.75) is 25.9 Å². The second kappa shape index (κ2) is 5.05. The average molecular weight is 256 g/mol. The SMILES string of the molecule is Cc1nccn1CCN1CC(N)Cc2ccccc21. The predicted octanol–water partition coefficient (Wildman–Crippen LogP) is 1.58. The van der Waals surface area contributed by atoms with Crippen LogP contribution in [-0.2, 0) is 13.0 Å². The number of para-hydroxylation sites is 1. The van der Waals surface area contributed by atoms with Crippen LogP contribution in [0, 0.1) is 6.92 Å². The molecule has 100 valence electrons. The van der Waals surface area contributed by atoms with Crippen molar-refractivity contribution in [3.05, 3.63) is 48.0 Å². The molecule has 0 saturated heterocycles. The minimum atomic E-state index is 0.235. The Morgan fingerprint density at radius 1 is 1.32 bits per heavy atom. The fourth-order valence-corrected chi connectivity index (χ4v) is 2.80. The minimum Gasteiger partial charge on any atom is -0.368 e. The Bertz CT molecular complexity index is 561. The lowest BCUT2D eigenvalue weighted by molar-refractivity contribution is 0.567. The number of benzene rings is 1. The summed E-state index contributed by atoms with van der Waals surface area (Å²) in [4.78, 5) is 6.65. The molecule has 0 aliphatic carbocycles. The van der Waals surface area contributed by atoms with Crippen molar-refractivity contribution >= 4 is 5.69 Å². The van der Waals surface area contributed by atoms with Gasteiger partial charge in [-0.05, 0) is 25.0 Å². The molecule has 4 heteroatoms. The van der Waals surface area contributed by atoms with E-state index in [1.165, 1.54) is 11.3 Å². The highest BCUT2D eigenvalue weighted by molar-refractivity contribution is 5.56. The van der Waals surface area contributed by atoms with Crippen LogP contribution in [0.2, 0.25) is 0 Å². The van der Waals surface area contributed by atoms with Gasteiger partial charge in [0.15, 0.2) is 0 Å². The summed E-state index contributed by atoms with van der Waals surface area (Å²) in [6.45, 7) is 4.90. The van der Waals surface area contributed by atoms with E-state index in [1.807, 2.05) is 19.3 Å². The molecule has 1 unspecified atom stereocenters. The number of aryl methyl sites for hydroxylation is 1. The second-order valence-corrected chi connectivity index (χ2v) is 5.21. The van der Waals surface area contributed by atoms with Gasteiger partial charge in [-0.1, -0.05) is 18.2 Å². The van der Waals surface area contributed by atoms with Crippen molar-refractivity contribution in [2.75, 3.05) is 18.0 Å². The van der Waals surface area contributed by atoms with E-state index in [1.54, 1.807) is 0 Å². The summed E-state index contributed by atoms with van der Waals surface area (Å²) in [5.41, 5.74) is 8.86. The fourth-order valence-electron chi connectivity index (χ4n) is 2.80. The fraction of sp³-hybridized carbons (Fsp3) is 0.400. The van der Waals surface area contributed by atoms with Crippen LogP contribution in [0.4, 0.5) is 5.69 Å². The van der Waals surface area contributed by atoms with Crippen molar-refractivity contribution in [1.29, 1.82) is 0 Å². The van der Waals surface area contributed by atoms with Gasteiger partial charge in [-0.25, -0.2) is 4.98 Å². The summed E-state index contributed by atoms with van der Waals surface area (Å²) in [5.74, 6) is 1.06. The molecule has 1 aliphatic heterocycles. The Morgan fingerprint density at radius 2 is 2.16 bits per heavy atom. The number of fused-ring (bicyclic) bond motifs is 1. The standard InChI is InChI=1S/C15H20N4/c1-12-17-6-7-18(12)8-9-19-11-14(16)10-13-4-2-3-5-15(13)19/h2-7,14H,8-11,16H2,1H3. The Labute approximate surface area is 113 Å². The van der Waals surface area contributed by atoms with Gasteiger partial charge in [-0.3, -0.25) is 0 Å². The molecule has 3 rings (SSSR count). The highest BCUT2D eigenvalue weighted by Crippen LogP contribution is 2.26. The van der Waals surface area contributed by atoms with Crippen molar-refractivity contribution in [3.63, 3.8) is 0 Å². The minimum absolute atomic E-state index is 0.235. The van der Waals surface area contributed by atoms with Crippen LogP contribution in [0.25, 0.3) is 0 Å². The Morgan fingerprint density at radius 3 is 2.95 bits per heavy atom. The molecule has 2 heterocycles. The molecule has 1 atom stereocenters. The molecule has 0 fully saturated rings. The van der Waals surface area contributed by atoms with E-state index in [0.717, 1.165) is 31.9 Å². The zero-order valence-electron chi connectivity index (χ0n) is 11.3. The van der Waals surface area contributed by atoms with Crippen LogP contribution in [-0.4, -0.2) is 28.7 Å². The first-order chi connectivity index (χ1) is 9.24. The molecule has 1 aromatic carbocycles. The molecular weight excluding hydrogens is 236 g/mol. The summed E-state index contributed by atoms with van der Waals surface area (Å²) in [6, 6.07) is 8.81. The van der Waals surface area contributed by atoms with Crippen molar-refractivity contribution in [3.8, 4) is 0 Å². The monoisotopic (exact) mass is 256 g/mol. The summed E-state index contributed by atoms with van der Waals surface area (Å²) < 4.78 is 2.18. The number of aromatic nitrogens is 2. The van der Waals surface area contributed by atoms with E-state index in [9.17, 15) is 0 Å². The third-order valence-corrected chi connectivity index (χ3v) is 3.80. The van der Waals surface area contributed by atoms with E-state index >= 15 is 0 Å². The normalized spacial score (nSPS) is 18.4. The summed E-state index contributed by atoms with van der Waals surface area (Å²) in [7, 11) is 0. The van der Waals surface area contributed by atoms with Crippen molar-refractivity contribution < 1.29 is 0 Å². The lowest BCUT2D eigenvalue weighted by Gasteiger charge is -2.34. The Kier molecular flexibility index (Phi) is 3.25. The average Bonchev–Trinajstić information content (AvgIpc) is 2.81. The highest BCUT2D eigenvalue weighted by Gasteiger charge is 2.21. The van der Waals surface area contributed by atoms with Crippen molar-refractivity contribution in [2.24, 2.45) is 5.73 Å². The maximum absolute atomic E-state index is 6.16. The third-order valence-electron chi connectivity index (χ3n) is 3.80. The van der Waals surface area contributed by atoms with Crippen molar-refractivity contribution in [1.82, 2.24) is 9.55 Å². The van der Waals surface area contributed by atoms with Gasteiger partial charge in [0.1, 0.15) is 5.82 Å². The van der Waals surface area contributed by atoms with E-state index < -0.39 is 0 Å². The molecule has 2 aromatic rings. The topological polar surface area (TPSA) is 47.1 Å². The van der Waals surface area contributed by atoms with Gasteiger partial charge in [0.05, 0.1) is 0 Å². The van der Waals surface area contributed by atoms with Crippen LogP contribution in [0.5, 0.6) is 0 Å². The molecule has 0 amide bonds. The van der Waals surface area contributed by atoms with Crippen LogP contribution < -0.4 is 10.6 Å². The van der Waals surface area contributed by atoms with Gasteiger partial charge in [-0.2, -0.15) is 0 Å². The number of imidazole rings is 1. The molecule has 0 saturated carbocycles. The lowest BCUT2D eigenvalue weighted by Crippen LogP contribution is -2.44. The van der Waals surface area contributed by atoms with Gasteiger partial charge >= 0.3 is 0 Å². The largest absolute Gasteiger partial charge is 0.368 e. The summed E-state index contributed by atoms with van der Waals surface area (Å²) in [5, 5.41) is 0. The summed E-state index contributed by atoms with van der Waals surface area (Å²) >= 11 is 0. The van der Waals surface area contributed by atoms with Crippen LogP contribution in [0.15, 0.2) is 36.7 Å². The smallest absolute Gasteiger partial charge is 0.105 e. The second-order valence-electron chi connectivity index (χ2n) is 5.21. The number of rotatable bonds is 3. The molecule has 0 bridgehead atoms. The molecule has 4 nitrogen and oxygen atoms in total. The molecule has 19 heavy (non-hydrogen) atoms. The van der Waals surface area contributed by atoms with Crippen LogP contribution in [0.1, 0.15) is 11.4 Å². The summed E-state index contributed by atoms with van der Waals surface area (Å²) in [6.07, 6.45) is 4.87. The quantitative estimate of drug-likeness (QED) is 0.907. The predicted molar refractivity (Wildman–Crippen MR) is 77.3 cm³/mol. The van der Waals surface area contributed by atoms with Gasteiger partial charge in [0.2, 0.25) is 0 Å². The molecular formula is C15H20N4. The van der Waals surface area contributed by atoms with Crippen LogP contribution >= 0.6 is 0 Å². The Hall–Kier alpha value is -1.81. The number of nitrogens with zero attached hydrogens (tertiary/aromatic N) is 3. The third kappa shape index (κ3) is 2.49. The van der Waals surface area contributed by atoms with Crippen LogP contribution in [0.3, 0.4) is 0 Å². The zero-order valence-corrected chi connectivity index (χ0v) is 11.3. The molecule has 0 radical (unpaired) electrons. The van der Waals surface area contributed by atoms with E-state index in [4.69, 9.17) is 5.73 Å². The first kappa shape index (κ1) is 12.2. The van der Waals surface area contributed by atoms with Gasteiger partial charge in [0, 0.05) is 43.8 Å². The van der Waals surface area contributed by atoms with Gasteiger partial charge < -0.3 is 15.2 Å². The molecule has 2 N–H and O–H groups in total. The number of anilines is 1. The Balaban J connectivity index is 1.76. The molecule has 1 aliphatic rings. The molecule has 1 aromatic heterocycles.